The SMILES string of the molecule is C=C1CC2C(CCC3CC(OC(C)=O)CCC32C)C2CCC(CC)C12C. The zero-order chi connectivity index (χ0) is 18.7. The number of carbonyl (C=O) groups is 1. The Morgan fingerprint density at radius 1 is 1.15 bits per heavy atom. The van der Waals surface area contributed by atoms with Crippen LogP contribution in [0.3, 0.4) is 0 Å². The third-order valence-corrected chi connectivity index (χ3v) is 9.71. The normalized spacial score (nSPS) is 50.5. The van der Waals surface area contributed by atoms with Crippen LogP contribution < -0.4 is 0 Å². The summed E-state index contributed by atoms with van der Waals surface area (Å²) >= 11 is 0. The smallest absolute Gasteiger partial charge is 0.302 e. The molecule has 8 unspecified atom stereocenters. The lowest BCUT2D eigenvalue weighted by Gasteiger charge is -2.61. The number of hydrogen-bond donors (Lipinski definition) is 0. The second-order valence-electron chi connectivity index (χ2n) is 10.4. The third-order valence-electron chi connectivity index (χ3n) is 9.71. The fourth-order valence-corrected chi connectivity index (χ4v) is 8.21. The van der Waals surface area contributed by atoms with Gasteiger partial charge in [-0.15, -0.1) is 0 Å². The van der Waals surface area contributed by atoms with Crippen molar-refractivity contribution < 1.29 is 9.53 Å². The molecule has 0 aromatic carbocycles. The second-order valence-corrected chi connectivity index (χ2v) is 10.4. The average molecular weight is 359 g/mol. The topological polar surface area (TPSA) is 26.3 Å². The summed E-state index contributed by atoms with van der Waals surface area (Å²) < 4.78 is 5.60. The summed E-state index contributed by atoms with van der Waals surface area (Å²) in [7, 11) is 0. The Kier molecular flexibility index (Phi) is 4.56. The van der Waals surface area contributed by atoms with E-state index in [1.165, 1.54) is 44.9 Å². The minimum atomic E-state index is -0.106. The van der Waals surface area contributed by atoms with Gasteiger partial charge in [0.25, 0.3) is 0 Å². The largest absolute Gasteiger partial charge is 0.463 e. The number of hydrogen-bond acceptors (Lipinski definition) is 2. The molecule has 0 heterocycles. The van der Waals surface area contributed by atoms with Crippen molar-refractivity contribution in [1.82, 2.24) is 0 Å². The molecule has 2 nitrogen and oxygen atoms in total. The molecule has 0 amide bonds. The Bertz CT molecular complexity index is 595. The molecule has 4 aliphatic rings. The monoisotopic (exact) mass is 358 g/mol. The zero-order valence-electron chi connectivity index (χ0n) is 17.4. The first-order valence-electron chi connectivity index (χ1n) is 11.2. The van der Waals surface area contributed by atoms with E-state index in [2.05, 4.69) is 27.4 Å². The van der Waals surface area contributed by atoms with Crippen LogP contribution in [0.4, 0.5) is 0 Å². The van der Waals surface area contributed by atoms with Crippen molar-refractivity contribution in [3.05, 3.63) is 12.2 Å². The molecule has 4 fully saturated rings. The van der Waals surface area contributed by atoms with Gasteiger partial charge in [-0.05, 0) is 91.8 Å². The second kappa shape index (κ2) is 6.38. The Morgan fingerprint density at radius 3 is 2.62 bits per heavy atom. The molecule has 4 aliphatic carbocycles. The fourth-order valence-electron chi connectivity index (χ4n) is 8.21. The Balaban J connectivity index is 1.58. The van der Waals surface area contributed by atoms with Crippen LogP contribution in [0.5, 0.6) is 0 Å². The Labute approximate surface area is 160 Å². The molecule has 2 heteroatoms. The summed E-state index contributed by atoms with van der Waals surface area (Å²) in [5.41, 5.74) is 2.39. The molecular formula is C24H38O2. The highest BCUT2D eigenvalue weighted by atomic mass is 16.5. The number of esters is 1. The van der Waals surface area contributed by atoms with Gasteiger partial charge < -0.3 is 4.74 Å². The number of allylic oxidation sites excluding steroid dienone is 1. The van der Waals surface area contributed by atoms with Crippen molar-refractivity contribution in [2.24, 2.45) is 40.4 Å². The average Bonchev–Trinajstić information content (AvgIpc) is 2.94. The summed E-state index contributed by atoms with van der Waals surface area (Å²) in [5, 5.41) is 0. The molecule has 4 rings (SSSR count). The van der Waals surface area contributed by atoms with Crippen LogP contribution >= 0.6 is 0 Å². The van der Waals surface area contributed by atoms with E-state index in [1.807, 2.05) is 0 Å². The lowest BCUT2D eigenvalue weighted by molar-refractivity contribution is -0.157. The molecule has 0 N–H and O–H groups in total. The first kappa shape index (κ1) is 18.6. The predicted octanol–water partition coefficient (Wildman–Crippen LogP) is 6.15. The van der Waals surface area contributed by atoms with Gasteiger partial charge in [0.2, 0.25) is 0 Å². The maximum Gasteiger partial charge on any atom is 0.302 e. The van der Waals surface area contributed by atoms with Crippen molar-refractivity contribution in [3.8, 4) is 0 Å². The molecule has 0 aromatic heterocycles. The van der Waals surface area contributed by atoms with Gasteiger partial charge in [-0.1, -0.05) is 39.3 Å². The van der Waals surface area contributed by atoms with E-state index in [9.17, 15) is 4.79 Å². The molecular weight excluding hydrogens is 320 g/mol. The van der Waals surface area contributed by atoms with Gasteiger partial charge in [0.15, 0.2) is 0 Å². The van der Waals surface area contributed by atoms with E-state index in [1.54, 1.807) is 12.5 Å². The molecule has 0 aliphatic heterocycles. The standard InChI is InChI=1S/C24H38O2/c1-6-17-8-10-21-20-9-7-18-14-19(26-16(3)25)11-12-23(18,4)22(20)13-15(2)24(17,21)5/h17-22H,2,6-14H2,1,3-5H3. The quantitative estimate of drug-likeness (QED) is 0.437. The van der Waals surface area contributed by atoms with Crippen molar-refractivity contribution in [2.75, 3.05) is 0 Å². The number of rotatable bonds is 2. The highest BCUT2D eigenvalue weighted by Crippen LogP contribution is 2.69. The minimum absolute atomic E-state index is 0.106. The van der Waals surface area contributed by atoms with Crippen LogP contribution in [-0.2, 0) is 9.53 Å². The molecule has 26 heavy (non-hydrogen) atoms. The van der Waals surface area contributed by atoms with Gasteiger partial charge in [-0.3, -0.25) is 4.79 Å². The van der Waals surface area contributed by atoms with Crippen LogP contribution in [0.2, 0.25) is 0 Å². The molecule has 0 radical (unpaired) electrons. The summed E-state index contributed by atoms with van der Waals surface area (Å²) in [6, 6.07) is 0. The van der Waals surface area contributed by atoms with Crippen LogP contribution in [0.15, 0.2) is 12.2 Å². The van der Waals surface area contributed by atoms with Crippen LogP contribution in [0.25, 0.3) is 0 Å². The highest BCUT2D eigenvalue weighted by molar-refractivity contribution is 5.66. The maximum atomic E-state index is 11.4. The summed E-state index contributed by atoms with van der Waals surface area (Å²) in [6.45, 7) is 13.7. The highest BCUT2D eigenvalue weighted by Gasteiger charge is 2.61. The van der Waals surface area contributed by atoms with Crippen LogP contribution in [0, 0.1) is 40.4 Å². The Morgan fingerprint density at radius 2 is 1.92 bits per heavy atom. The molecule has 0 bridgehead atoms. The van der Waals surface area contributed by atoms with Gasteiger partial charge in [-0.2, -0.15) is 0 Å². The number of fused-ring (bicyclic) bond motifs is 5. The summed E-state index contributed by atoms with van der Waals surface area (Å²) in [4.78, 5) is 11.4. The van der Waals surface area contributed by atoms with Gasteiger partial charge >= 0.3 is 5.97 Å². The van der Waals surface area contributed by atoms with Gasteiger partial charge in [0.05, 0.1) is 0 Å². The van der Waals surface area contributed by atoms with Crippen LogP contribution in [-0.4, -0.2) is 12.1 Å². The van der Waals surface area contributed by atoms with E-state index in [-0.39, 0.29) is 12.1 Å². The van der Waals surface area contributed by atoms with E-state index >= 15 is 0 Å². The van der Waals surface area contributed by atoms with E-state index in [0.29, 0.717) is 10.8 Å². The number of ether oxygens (including phenoxy) is 1. The van der Waals surface area contributed by atoms with Crippen LogP contribution in [0.1, 0.15) is 85.5 Å². The van der Waals surface area contributed by atoms with Gasteiger partial charge in [0.1, 0.15) is 6.10 Å². The van der Waals surface area contributed by atoms with Crippen molar-refractivity contribution in [3.63, 3.8) is 0 Å². The van der Waals surface area contributed by atoms with E-state index in [0.717, 1.165) is 42.4 Å². The molecule has 0 saturated heterocycles. The first-order chi connectivity index (χ1) is 12.3. The fraction of sp³-hybridized carbons (Fsp3) is 0.875. The number of carbonyl (C=O) groups excluding carboxylic acids is 1. The molecule has 0 spiro atoms. The van der Waals surface area contributed by atoms with Crippen molar-refractivity contribution in [1.29, 1.82) is 0 Å². The van der Waals surface area contributed by atoms with E-state index in [4.69, 9.17) is 4.74 Å². The van der Waals surface area contributed by atoms with Crippen molar-refractivity contribution in [2.45, 2.75) is 91.6 Å². The maximum absolute atomic E-state index is 11.4. The lowest BCUT2D eigenvalue weighted by atomic mass is 9.44. The van der Waals surface area contributed by atoms with Gasteiger partial charge in [-0.25, -0.2) is 0 Å². The third kappa shape index (κ3) is 2.53. The summed E-state index contributed by atoms with van der Waals surface area (Å²) in [6.07, 6.45) is 11.7. The first-order valence-corrected chi connectivity index (χ1v) is 11.2. The molecule has 4 saturated carbocycles. The molecule has 0 aromatic rings. The van der Waals surface area contributed by atoms with Gasteiger partial charge in [0, 0.05) is 6.92 Å². The molecule has 146 valence electrons. The van der Waals surface area contributed by atoms with E-state index < -0.39 is 0 Å². The zero-order valence-corrected chi connectivity index (χ0v) is 17.4. The minimum Gasteiger partial charge on any atom is -0.463 e. The predicted molar refractivity (Wildman–Crippen MR) is 106 cm³/mol. The Hall–Kier alpha value is -0.790. The summed E-state index contributed by atoms with van der Waals surface area (Å²) in [5.74, 6) is 4.04. The van der Waals surface area contributed by atoms with Crippen molar-refractivity contribution >= 4 is 5.97 Å². The lowest BCUT2D eigenvalue weighted by Crippen LogP contribution is -2.54. The molecule has 8 atom stereocenters.